The highest BCUT2D eigenvalue weighted by Gasteiger charge is 2.22. The molecule has 0 aromatic carbocycles. The zero-order valence-electron chi connectivity index (χ0n) is 10.4. The van der Waals surface area contributed by atoms with E-state index in [1.54, 1.807) is 0 Å². The van der Waals surface area contributed by atoms with Crippen molar-refractivity contribution in [1.82, 2.24) is 0 Å². The number of hydrogen-bond acceptors (Lipinski definition) is 1. The normalized spacial score (nSPS) is 14.0. The van der Waals surface area contributed by atoms with E-state index >= 15 is 0 Å². The molecule has 84 valence electrons. The summed E-state index contributed by atoms with van der Waals surface area (Å²) in [4.78, 5) is 0. The molecule has 0 aliphatic rings. The molecule has 0 aliphatic heterocycles. The van der Waals surface area contributed by atoms with Gasteiger partial charge in [-0.2, -0.15) is 0 Å². The Balaban J connectivity index is 3.96. The lowest BCUT2D eigenvalue weighted by atomic mass is 10.2. The summed E-state index contributed by atoms with van der Waals surface area (Å²) in [5, 5.41) is 0. The molecule has 0 saturated carbocycles. The molecule has 0 spiro atoms. The third kappa shape index (κ3) is 5.61. The van der Waals surface area contributed by atoms with Crippen LogP contribution in [0.15, 0.2) is 12.7 Å². The smallest absolute Gasteiger partial charge is 0.182 e. The molecule has 0 saturated heterocycles. The van der Waals surface area contributed by atoms with Crippen LogP contribution in [0, 0.1) is 0 Å². The summed E-state index contributed by atoms with van der Waals surface area (Å²) in [6.45, 7) is 15.1. The van der Waals surface area contributed by atoms with Crippen LogP contribution in [-0.4, -0.2) is 15.1 Å². The molecule has 0 heterocycles. The van der Waals surface area contributed by atoms with E-state index in [1.165, 1.54) is 0 Å². The molecule has 2 heteroatoms. The van der Waals surface area contributed by atoms with Crippen molar-refractivity contribution in [3.63, 3.8) is 0 Å². The second-order valence-corrected chi connectivity index (χ2v) is 8.63. The fourth-order valence-electron chi connectivity index (χ4n) is 1.77. The van der Waals surface area contributed by atoms with Crippen molar-refractivity contribution >= 4 is 9.04 Å². The lowest BCUT2D eigenvalue weighted by Gasteiger charge is -2.27. The van der Waals surface area contributed by atoms with Crippen molar-refractivity contribution in [2.75, 3.05) is 0 Å². The Kier molecular flexibility index (Phi) is 7.20. The van der Waals surface area contributed by atoms with E-state index in [2.05, 4.69) is 41.2 Å². The minimum atomic E-state index is -1.02. The molecule has 0 bridgehead atoms. The van der Waals surface area contributed by atoms with E-state index in [0.29, 0.717) is 6.10 Å². The Hall–Kier alpha value is -0.0831. The van der Waals surface area contributed by atoms with Gasteiger partial charge in [0.1, 0.15) is 0 Å². The van der Waals surface area contributed by atoms with Gasteiger partial charge in [-0.3, -0.25) is 0 Å². The van der Waals surface area contributed by atoms with Crippen molar-refractivity contribution in [2.45, 2.75) is 64.6 Å². The van der Waals surface area contributed by atoms with Crippen molar-refractivity contribution < 1.29 is 4.43 Å². The van der Waals surface area contributed by atoms with Crippen molar-refractivity contribution in [3.05, 3.63) is 12.7 Å². The number of hydrogen-bond donors (Lipinski definition) is 0. The first kappa shape index (κ1) is 13.9. The second kappa shape index (κ2) is 7.24. The molecule has 0 rings (SSSR count). The molecule has 1 atom stereocenters. The Bertz CT molecular complexity index is 146. The molecular formula is C12H26OSi. The van der Waals surface area contributed by atoms with Crippen LogP contribution >= 0.6 is 0 Å². The van der Waals surface area contributed by atoms with Gasteiger partial charge in [-0.1, -0.05) is 33.8 Å². The Morgan fingerprint density at radius 2 is 1.64 bits per heavy atom. The van der Waals surface area contributed by atoms with E-state index in [9.17, 15) is 0 Å². The van der Waals surface area contributed by atoms with Crippen LogP contribution in [0.2, 0.25) is 11.1 Å². The third-order valence-electron chi connectivity index (χ3n) is 2.48. The van der Waals surface area contributed by atoms with E-state index in [-0.39, 0.29) is 0 Å². The molecule has 0 aromatic rings. The average Bonchev–Trinajstić information content (AvgIpc) is 2.09. The van der Waals surface area contributed by atoms with Crippen LogP contribution < -0.4 is 0 Å². The van der Waals surface area contributed by atoms with Gasteiger partial charge in [0.25, 0.3) is 0 Å². The summed E-state index contributed by atoms with van der Waals surface area (Å²) in [5.41, 5.74) is 1.47. The van der Waals surface area contributed by atoms with Gasteiger partial charge >= 0.3 is 0 Å². The predicted molar refractivity (Wildman–Crippen MR) is 67.3 cm³/mol. The Labute approximate surface area is 91.3 Å². The molecule has 0 radical (unpaired) electrons. The molecule has 1 unspecified atom stereocenters. The maximum Gasteiger partial charge on any atom is 0.182 e. The summed E-state index contributed by atoms with van der Waals surface area (Å²) in [7, 11) is -1.02. The minimum absolute atomic E-state index is 0.412. The zero-order valence-corrected chi connectivity index (χ0v) is 11.6. The molecule has 0 aromatic heterocycles. The van der Waals surface area contributed by atoms with E-state index < -0.39 is 9.04 Å². The highest BCUT2D eigenvalue weighted by Crippen LogP contribution is 2.23. The van der Waals surface area contributed by atoms with Gasteiger partial charge in [-0.25, -0.2) is 0 Å². The predicted octanol–water partition coefficient (Wildman–Crippen LogP) is 3.90. The van der Waals surface area contributed by atoms with Gasteiger partial charge in [0.2, 0.25) is 0 Å². The van der Waals surface area contributed by atoms with Gasteiger partial charge in [0, 0.05) is 6.10 Å². The first-order chi connectivity index (χ1) is 6.49. The van der Waals surface area contributed by atoms with E-state index in [4.69, 9.17) is 4.43 Å². The van der Waals surface area contributed by atoms with Crippen molar-refractivity contribution in [3.8, 4) is 0 Å². The lowest BCUT2D eigenvalue weighted by molar-refractivity contribution is 0.204. The second-order valence-electron chi connectivity index (χ2n) is 4.77. The monoisotopic (exact) mass is 214 g/mol. The number of allylic oxidation sites excluding steroid dienone is 1. The van der Waals surface area contributed by atoms with Gasteiger partial charge in [0.05, 0.1) is 0 Å². The molecule has 0 amide bonds. The summed E-state index contributed by atoms with van der Waals surface area (Å²) in [6, 6.07) is 0. The lowest BCUT2D eigenvalue weighted by Crippen LogP contribution is -2.29. The van der Waals surface area contributed by atoms with Crippen molar-refractivity contribution in [1.29, 1.82) is 0 Å². The van der Waals surface area contributed by atoms with Gasteiger partial charge in [0.15, 0.2) is 9.04 Å². The third-order valence-corrected chi connectivity index (χ3v) is 5.89. The van der Waals surface area contributed by atoms with Gasteiger partial charge in [-0.05, 0) is 30.8 Å². The topological polar surface area (TPSA) is 9.23 Å². The first-order valence-electron chi connectivity index (χ1n) is 5.75. The molecule has 0 N–H and O–H groups in total. The molecule has 0 fully saturated rings. The van der Waals surface area contributed by atoms with Crippen LogP contribution in [0.5, 0.6) is 0 Å². The fraction of sp³-hybridized carbons (Fsp3) is 0.833. The summed E-state index contributed by atoms with van der Waals surface area (Å²) < 4.78 is 6.17. The zero-order chi connectivity index (χ0) is 11.1. The first-order valence-corrected chi connectivity index (χ1v) is 7.55. The Morgan fingerprint density at radius 1 is 1.14 bits per heavy atom. The van der Waals surface area contributed by atoms with Gasteiger partial charge < -0.3 is 4.43 Å². The molecule has 1 nitrogen and oxygen atoms in total. The van der Waals surface area contributed by atoms with Crippen LogP contribution in [0.1, 0.15) is 47.5 Å². The summed E-state index contributed by atoms with van der Waals surface area (Å²) in [5.74, 6) is 0. The quantitative estimate of drug-likeness (QED) is 0.461. The minimum Gasteiger partial charge on any atom is -0.417 e. The largest absolute Gasteiger partial charge is 0.417 e. The van der Waals surface area contributed by atoms with Crippen LogP contribution in [-0.2, 0) is 4.43 Å². The summed E-state index contributed by atoms with van der Waals surface area (Å²) in [6.07, 6.45) is 4.57. The molecule has 0 aliphatic carbocycles. The highest BCUT2D eigenvalue weighted by atomic mass is 28.3. The molecular weight excluding hydrogens is 188 g/mol. The van der Waals surface area contributed by atoms with E-state index in [0.717, 1.165) is 23.9 Å². The van der Waals surface area contributed by atoms with Gasteiger partial charge in [-0.15, -0.1) is 6.58 Å². The van der Waals surface area contributed by atoms with Crippen LogP contribution in [0.25, 0.3) is 0 Å². The van der Waals surface area contributed by atoms with Crippen molar-refractivity contribution in [2.24, 2.45) is 0 Å². The van der Waals surface area contributed by atoms with E-state index in [1.807, 2.05) is 6.08 Å². The maximum atomic E-state index is 6.17. The summed E-state index contributed by atoms with van der Waals surface area (Å²) >= 11 is 0. The fourth-order valence-corrected chi connectivity index (χ4v) is 4.61. The molecule has 14 heavy (non-hydrogen) atoms. The highest BCUT2D eigenvalue weighted by molar-refractivity contribution is 6.55. The SMILES string of the molecule is C=CCCC(C)O[SiH](C(C)C)C(C)C. The standard InChI is InChI=1S/C12H26OSi/c1-7-8-9-12(6)13-14(10(2)3)11(4)5/h7,10-12,14H,1,8-9H2,2-6H3. The average molecular weight is 214 g/mol. The van der Waals surface area contributed by atoms with Crippen LogP contribution in [0.3, 0.4) is 0 Å². The number of rotatable bonds is 7. The maximum absolute atomic E-state index is 6.17. The Morgan fingerprint density at radius 3 is 2.00 bits per heavy atom. The van der Waals surface area contributed by atoms with Crippen LogP contribution in [0.4, 0.5) is 0 Å².